The Morgan fingerprint density at radius 3 is 2.27 bits per heavy atom. The molecule has 30 heavy (non-hydrogen) atoms. The van der Waals surface area contributed by atoms with Gasteiger partial charge in [0.05, 0.1) is 10.6 Å². The number of piperazine rings is 1. The first-order chi connectivity index (χ1) is 14.4. The van der Waals surface area contributed by atoms with Gasteiger partial charge in [0.2, 0.25) is 0 Å². The molecule has 9 nitrogen and oxygen atoms in total. The van der Waals surface area contributed by atoms with Crippen molar-refractivity contribution in [1.29, 1.82) is 0 Å². The molecule has 3 aromatic heterocycles. The van der Waals surface area contributed by atoms with Crippen LogP contribution in [0.25, 0.3) is 15.4 Å². The molecule has 0 unspecified atom stereocenters. The normalized spacial score (nSPS) is 15.2. The summed E-state index contributed by atoms with van der Waals surface area (Å²) in [5, 5.41) is 15.6. The Kier molecular flexibility index (Phi) is 7.28. The van der Waals surface area contributed by atoms with Gasteiger partial charge in [-0.1, -0.05) is 11.3 Å². The van der Waals surface area contributed by atoms with Gasteiger partial charge in [-0.15, -0.1) is 0 Å². The van der Waals surface area contributed by atoms with Crippen LogP contribution in [0, 0.1) is 0 Å². The summed E-state index contributed by atoms with van der Waals surface area (Å²) >= 11 is 1.73. The van der Waals surface area contributed by atoms with Crippen LogP contribution in [-0.2, 0) is 16.1 Å². The van der Waals surface area contributed by atoms with Crippen molar-refractivity contribution in [2.75, 3.05) is 33.2 Å². The quantitative estimate of drug-likeness (QED) is 0.592. The number of carboxylic acids is 2. The molecule has 0 amide bonds. The number of aromatic nitrogens is 3. The largest absolute Gasteiger partial charge is 0.478 e. The van der Waals surface area contributed by atoms with E-state index in [1.807, 2.05) is 24.5 Å². The van der Waals surface area contributed by atoms with E-state index in [1.165, 1.54) is 10.4 Å². The fourth-order valence-corrected chi connectivity index (χ4v) is 3.94. The number of imidazole rings is 1. The van der Waals surface area contributed by atoms with Gasteiger partial charge in [0.15, 0.2) is 4.96 Å². The zero-order valence-electron chi connectivity index (χ0n) is 16.5. The highest BCUT2D eigenvalue weighted by atomic mass is 32.1. The third-order valence-electron chi connectivity index (χ3n) is 4.52. The third-order valence-corrected chi connectivity index (χ3v) is 5.57. The molecule has 2 N–H and O–H groups in total. The summed E-state index contributed by atoms with van der Waals surface area (Å²) in [6, 6.07) is 4.08. The lowest BCUT2D eigenvalue weighted by atomic mass is 10.2. The summed E-state index contributed by atoms with van der Waals surface area (Å²) in [4.78, 5) is 35.1. The molecule has 1 saturated heterocycles. The van der Waals surface area contributed by atoms with Crippen LogP contribution in [0.1, 0.15) is 5.69 Å². The third kappa shape index (κ3) is 6.21. The van der Waals surface area contributed by atoms with E-state index >= 15 is 0 Å². The molecule has 0 radical (unpaired) electrons. The van der Waals surface area contributed by atoms with E-state index < -0.39 is 11.9 Å². The molecule has 0 aliphatic carbocycles. The standard InChI is InChI=1S/C16H19N5S.C4H4O4/c1-19-6-8-20(9-7-19)10-14-11-21-12-15(22-16(21)18-14)13-2-4-17-5-3-13;5-3(6)1-2-4(7)8/h2-5,11-12H,6-10H2,1H3;1-2H,(H,5,6)(H,7,8)/b;2-1-. The van der Waals surface area contributed by atoms with E-state index in [4.69, 9.17) is 15.2 Å². The highest BCUT2D eigenvalue weighted by Crippen LogP contribution is 2.28. The van der Waals surface area contributed by atoms with E-state index in [-0.39, 0.29) is 0 Å². The first-order valence-electron chi connectivity index (χ1n) is 9.33. The Morgan fingerprint density at radius 1 is 1.07 bits per heavy atom. The number of hydrogen-bond donors (Lipinski definition) is 2. The molecule has 0 bridgehead atoms. The summed E-state index contributed by atoms with van der Waals surface area (Å²) < 4.78 is 2.14. The molecule has 158 valence electrons. The predicted octanol–water partition coefficient (Wildman–Crippen LogP) is 1.92. The Balaban J connectivity index is 0.000000275. The second-order valence-corrected chi connectivity index (χ2v) is 7.85. The highest BCUT2D eigenvalue weighted by molar-refractivity contribution is 7.20. The smallest absolute Gasteiger partial charge is 0.328 e. The number of likely N-dealkylation sites (N-methyl/N-ethyl adjacent to an activating group) is 1. The van der Waals surface area contributed by atoms with Crippen LogP contribution in [0.15, 0.2) is 49.1 Å². The van der Waals surface area contributed by atoms with Gasteiger partial charge in [0, 0.05) is 69.7 Å². The van der Waals surface area contributed by atoms with E-state index in [2.05, 4.69) is 38.6 Å². The number of carboxylic acid groups (broad SMARTS) is 2. The van der Waals surface area contributed by atoms with E-state index in [1.54, 1.807) is 11.3 Å². The molecule has 4 rings (SSSR count). The van der Waals surface area contributed by atoms with Crippen molar-refractivity contribution in [3.05, 3.63) is 54.8 Å². The maximum absolute atomic E-state index is 9.55. The van der Waals surface area contributed by atoms with E-state index in [9.17, 15) is 9.59 Å². The average Bonchev–Trinajstić information content (AvgIpc) is 3.28. The minimum absolute atomic E-state index is 0.558. The van der Waals surface area contributed by atoms with Gasteiger partial charge in [-0.05, 0) is 24.7 Å². The van der Waals surface area contributed by atoms with Gasteiger partial charge < -0.3 is 15.1 Å². The maximum atomic E-state index is 9.55. The van der Waals surface area contributed by atoms with Gasteiger partial charge in [-0.2, -0.15) is 0 Å². The van der Waals surface area contributed by atoms with Crippen LogP contribution >= 0.6 is 11.3 Å². The number of aliphatic carboxylic acids is 2. The molecule has 3 aromatic rings. The molecule has 1 aliphatic heterocycles. The lowest BCUT2D eigenvalue weighted by Gasteiger charge is -2.31. The number of hydrogen-bond acceptors (Lipinski definition) is 7. The van der Waals surface area contributed by atoms with Crippen molar-refractivity contribution < 1.29 is 19.8 Å². The van der Waals surface area contributed by atoms with E-state index in [0.29, 0.717) is 12.2 Å². The SMILES string of the molecule is CN1CCN(Cc2cn3cc(-c4ccncc4)sc3n2)CC1.O=C(O)/C=C\C(=O)O. The minimum atomic E-state index is -1.26. The van der Waals surface area contributed by atoms with Crippen molar-refractivity contribution in [2.45, 2.75) is 6.54 Å². The first-order valence-corrected chi connectivity index (χ1v) is 10.1. The van der Waals surface area contributed by atoms with Crippen molar-refractivity contribution in [3.63, 3.8) is 0 Å². The fourth-order valence-electron chi connectivity index (χ4n) is 2.95. The molecular weight excluding hydrogens is 406 g/mol. The molecule has 1 aliphatic rings. The molecule has 1 fully saturated rings. The lowest BCUT2D eigenvalue weighted by Crippen LogP contribution is -2.43. The summed E-state index contributed by atoms with van der Waals surface area (Å²) in [6.45, 7) is 5.50. The number of fused-ring (bicyclic) bond motifs is 1. The maximum Gasteiger partial charge on any atom is 0.328 e. The van der Waals surface area contributed by atoms with Crippen molar-refractivity contribution in [3.8, 4) is 10.4 Å². The zero-order valence-corrected chi connectivity index (χ0v) is 17.3. The highest BCUT2D eigenvalue weighted by Gasteiger charge is 2.16. The fraction of sp³-hybridized carbons (Fsp3) is 0.300. The molecule has 0 aromatic carbocycles. The first kappa shape index (κ1) is 21.6. The van der Waals surface area contributed by atoms with Crippen LogP contribution in [0.5, 0.6) is 0 Å². The number of nitrogens with zero attached hydrogens (tertiary/aromatic N) is 5. The van der Waals surface area contributed by atoms with Crippen LogP contribution in [0.2, 0.25) is 0 Å². The van der Waals surface area contributed by atoms with Crippen LogP contribution in [0.3, 0.4) is 0 Å². The van der Waals surface area contributed by atoms with Gasteiger partial charge in [-0.3, -0.25) is 14.3 Å². The molecule has 0 saturated carbocycles. The summed E-state index contributed by atoms with van der Waals surface area (Å²) in [5.41, 5.74) is 2.36. The monoisotopic (exact) mass is 429 g/mol. The molecule has 10 heteroatoms. The van der Waals surface area contributed by atoms with Gasteiger partial charge in [0.25, 0.3) is 0 Å². The van der Waals surface area contributed by atoms with Gasteiger partial charge in [0.1, 0.15) is 0 Å². The minimum Gasteiger partial charge on any atom is -0.478 e. The Hall–Kier alpha value is -3.08. The van der Waals surface area contributed by atoms with Gasteiger partial charge >= 0.3 is 11.9 Å². The Morgan fingerprint density at radius 2 is 1.70 bits per heavy atom. The number of pyridine rings is 1. The zero-order chi connectivity index (χ0) is 21.5. The average molecular weight is 430 g/mol. The number of thiazole rings is 1. The number of rotatable bonds is 5. The van der Waals surface area contributed by atoms with Crippen molar-refractivity contribution in [2.24, 2.45) is 0 Å². The van der Waals surface area contributed by atoms with Crippen molar-refractivity contribution in [1.82, 2.24) is 24.2 Å². The van der Waals surface area contributed by atoms with Crippen molar-refractivity contribution >= 4 is 28.2 Å². The van der Waals surface area contributed by atoms with Crippen LogP contribution in [0.4, 0.5) is 0 Å². The second-order valence-electron chi connectivity index (χ2n) is 6.84. The molecule has 0 spiro atoms. The molecule has 4 heterocycles. The van der Waals surface area contributed by atoms with E-state index in [0.717, 1.165) is 43.4 Å². The summed E-state index contributed by atoms with van der Waals surface area (Å²) in [5.74, 6) is -2.51. The lowest BCUT2D eigenvalue weighted by molar-refractivity contribution is -0.134. The Bertz CT molecular complexity index is 975. The Labute approximate surface area is 177 Å². The van der Waals surface area contributed by atoms with Gasteiger partial charge in [-0.25, -0.2) is 14.6 Å². The topological polar surface area (TPSA) is 111 Å². The van der Waals surface area contributed by atoms with Crippen LogP contribution < -0.4 is 0 Å². The second kappa shape index (κ2) is 10.1. The summed E-state index contributed by atoms with van der Waals surface area (Å²) in [6.07, 6.45) is 9.10. The summed E-state index contributed by atoms with van der Waals surface area (Å²) in [7, 11) is 2.19. The predicted molar refractivity (Wildman–Crippen MR) is 113 cm³/mol. The molecule has 0 atom stereocenters. The molecular formula is C20H23N5O4S. The number of carbonyl (C=O) groups is 2. The van der Waals surface area contributed by atoms with Crippen LogP contribution in [-0.4, -0.2) is 79.5 Å².